The minimum Gasteiger partial charge on any atom is -0.481 e. The number of carbonyl (C=O) groups is 2. The van der Waals surface area contributed by atoms with Gasteiger partial charge in [-0.25, -0.2) is 0 Å². The standard InChI is InChI=1S/C16H14F3NO5S/c1-26-14-7-6-12(24-14)15(23)20-11(8-13(21)22)9-2-4-10(5-3-9)25-16(17,18)19/h2-7,11H,8H2,1H3,(H,20,23)(H,21,22). The van der Waals surface area contributed by atoms with Crippen molar-refractivity contribution in [2.24, 2.45) is 0 Å². The Morgan fingerprint density at radius 3 is 2.38 bits per heavy atom. The van der Waals surface area contributed by atoms with Crippen molar-refractivity contribution < 1.29 is 37.0 Å². The van der Waals surface area contributed by atoms with Gasteiger partial charge in [-0.2, -0.15) is 0 Å². The first kappa shape index (κ1) is 19.7. The van der Waals surface area contributed by atoms with Crippen LogP contribution in [0, 0.1) is 0 Å². The van der Waals surface area contributed by atoms with E-state index in [0.717, 1.165) is 12.1 Å². The second-order valence-electron chi connectivity index (χ2n) is 5.06. The number of carbonyl (C=O) groups excluding carboxylic acids is 1. The maximum absolute atomic E-state index is 12.2. The molecule has 0 bridgehead atoms. The van der Waals surface area contributed by atoms with Gasteiger partial charge in [0.1, 0.15) is 5.75 Å². The van der Waals surface area contributed by atoms with Crippen LogP contribution in [-0.2, 0) is 4.79 Å². The molecule has 2 aromatic rings. The number of benzene rings is 1. The Morgan fingerprint density at radius 2 is 1.88 bits per heavy atom. The van der Waals surface area contributed by atoms with E-state index in [1.807, 2.05) is 0 Å². The summed E-state index contributed by atoms with van der Waals surface area (Å²) < 4.78 is 45.6. The predicted octanol–water partition coefficient (Wildman–Crippen LogP) is 3.85. The molecular formula is C16H14F3NO5S. The molecule has 0 saturated heterocycles. The number of aliphatic carboxylic acids is 1. The van der Waals surface area contributed by atoms with E-state index in [0.29, 0.717) is 10.7 Å². The molecular weight excluding hydrogens is 375 g/mol. The number of halogens is 3. The molecule has 1 aromatic carbocycles. The summed E-state index contributed by atoms with van der Waals surface area (Å²) in [5.41, 5.74) is 0.312. The molecule has 1 amide bonds. The van der Waals surface area contributed by atoms with Gasteiger partial charge < -0.3 is 19.6 Å². The van der Waals surface area contributed by atoms with Crippen LogP contribution in [0.2, 0.25) is 0 Å². The number of furan rings is 1. The van der Waals surface area contributed by atoms with Crippen molar-refractivity contribution in [3.8, 4) is 5.75 Å². The summed E-state index contributed by atoms with van der Waals surface area (Å²) in [5, 5.41) is 12.0. The zero-order valence-electron chi connectivity index (χ0n) is 13.4. The third kappa shape index (κ3) is 5.73. The smallest absolute Gasteiger partial charge is 0.481 e. The lowest BCUT2D eigenvalue weighted by Crippen LogP contribution is -2.30. The molecule has 0 radical (unpaired) electrons. The monoisotopic (exact) mass is 389 g/mol. The van der Waals surface area contributed by atoms with Crippen molar-refractivity contribution >= 4 is 23.6 Å². The van der Waals surface area contributed by atoms with Gasteiger partial charge in [0.2, 0.25) is 0 Å². The normalized spacial score (nSPS) is 12.5. The summed E-state index contributed by atoms with van der Waals surface area (Å²) in [4.78, 5) is 23.3. The lowest BCUT2D eigenvalue weighted by molar-refractivity contribution is -0.274. The number of hydrogen-bond donors (Lipinski definition) is 2. The molecule has 140 valence electrons. The number of thioether (sulfide) groups is 1. The van der Waals surface area contributed by atoms with Gasteiger partial charge in [0.15, 0.2) is 10.9 Å². The number of ether oxygens (including phenoxy) is 1. The average molecular weight is 389 g/mol. The number of carboxylic acids is 1. The molecule has 6 nitrogen and oxygen atoms in total. The number of amides is 1. The molecule has 0 saturated carbocycles. The van der Waals surface area contributed by atoms with Gasteiger partial charge in [0.25, 0.3) is 5.91 Å². The van der Waals surface area contributed by atoms with Gasteiger partial charge in [-0.05, 0) is 36.1 Å². The highest BCUT2D eigenvalue weighted by atomic mass is 32.2. The Balaban J connectivity index is 2.16. The minimum absolute atomic E-state index is 0.00163. The van der Waals surface area contributed by atoms with Crippen molar-refractivity contribution in [3.05, 3.63) is 47.7 Å². The van der Waals surface area contributed by atoms with Gasteiger partial charge in [0, 0.05) is 0 Å². The van der Waals surface area contributed by atoms with E-state index in [4.69, 9.17) is 9.52 Å². The molecule has 1 heterocycles. The molecule has 0 aliphatic heterocycles. The van der Waals surface area contributed by atoms with Crippen molar-refractivity contribution in [1.29, 1.82) is 0 Å². The van der Waals surface area contributed by atoms with Crippen LogP contribution in [0.4, 0.5) is 13.2 Å². The summed E-state index contributed by atoms with van der Waals surface area (Å²) in [6, 6.07) is 6.68. The number of carboxylic acid groups (broad SMARTS) is 1. The largest absolute Gasteiger partial charge is 0.573 e. The van der Waals surface area contributed by atoms with E-state index in [1.54, 1.807) is 12.3 Å². The minimum atomic E-state index is -4.83. The molecule has 1 aromatic heterocycles. The van der Waals surface area contributed by atoms with Crippen molar-refractivity contribution in [3.63, 3.8) is 0 Å². The quantitative estimate of drug-likeness (QED) is 0.700. The molecule has 2 N–H and O–H groups in total. The molecule has 0 fully saturated rings. The van der Waals surface area contributed by atoms with Crippen LogP contribution in [0.3, 0.4) is 0 Å². The second-order valence-corrected chi connectivity index (χ2v) is 5.87. The molecule has 0 aliphatic carbocycles. The zero-order valence-corrected chi connectivity index (χ0v) is 14.2. The molecule has 0 aliphatic rings. The zero-order chi connectivity index (χ0) is 19.3. The Labute approximate surface area is 150 Å². The molecule has 1 unspecified atom stereocenters. The Morgan fingerprint density at radius 1 is 1.23 bits per heavy atom. The predicted molar refractivity (Wildman–Crippen MR) is 86.1 cm³/mol. The summed E-state index contributed by atoms with van der Waals surface area (Å²) in [7, 11) is 0. The first-order chi connectivity index (χ1) is 12.2. The molecule has 0 spiro atoms. The highest BCUT2D eigenvalue weighted by molar-refractivity contribution is 7.98. The summed E-state index contributed by atoms with van der Waals surface area (Å²) in [6.07, 6.45) is -3.52. The summed E-state index contributed by atoms with van der Waals surface area (Å²) >= 11 is 1.29. The van der Waals surface area contributed by atoms with Crippen LogP contribution in [-0.4, -0.2) is 29.6 Å². The van der Waals surface area contributed by atoms with Crippen LogP contribution >= 0.6 is 11.8 Å². The fraction of sp³-hybridized carbons (Fsp3) is 0.250. The number of rotatable bonds is 7. The fourth-order valence-electron chi connectivity index (χ4n) is 2.11. The first-order valence-electron chi connectivity index (χ1n) is 7.20. The third-order valence-electron chi connectivity index (χ3n) is 3.21. The first-order valence-corrected chi connectivity index (χ1v) is 8.42. The van der Waals surface area contributed by atoms with E-state index in [1.165, 1.54) is 30.0 Å². The number of alkyl halides is 3. The van der Waals surface area contributed by atoms with E-state index >= 15 is 0 Å². The lowest BCUT2D eigenvalue weighted by atomic mass is 10.0. The highest BCUT2D eigenvalue weighted by Gasteiger charge is 2.31. The van der Waals surface area contributed by atoms with Crippen LogP contribution < -0.4 is 10.1 Å². The van der Waals surface area contributed by atoms with Crippen molar-refractivity contribution in [2.75, 3.05) is 6.26 Å². The van der Waals surface area contributed by atoms with Crippen LogP contribution in [0.1, 0.15) is 28.6 Å². The number of hydrogen-bond acceptors (Lipinski definition) is 5. The van der Waals surface area contributed by atoms with Gasteiger partial charge in [-0.1, -0.05) is 23.9 Å². The summed E-state index contributed by atoms with van der Waals surface area (Å²) in [5.74, 6) is -2.26. The topological polar surface area (TPSA) is 88.8 Å². The molecule has 2 rings (SSSR count). The number of nitrogens with one attached hydrogen (secondary N) is 1. The Kier molecular flexibility index (Phi) is 6.19. The van der Waals surface area contributed by atoms with E-state index in [2.05, 4.69) is 10.1 Å². The van der Waals surface area contributed by atoms with E-state index in [-0.39, 0.29) is 5.76 Å². The average Bonchev–Trinajstić information content (AvgIpc) is 3.02. The Hall–Kier alpha value is -2.62. The fourth-order valence-corrected chi connectivity index (χ4v) is 2.49. The van der Waals surface area contributed by atoms with Crippen LogP contribution in [0.5, 0.6) is 5.75 Å². The van der Waals surface area contributed by atoms with E-state index < -0.39 is 36.5 Å². The molecule has 1 atom stereocenters. The van der Waals surface area contributed by atoms with Gasteiger partial charge in [-0.15, -0.1) is 13.2 Å². The summed E-state index contributed by atoms with van der Waals surface area (Å²) in [6.45, 7) is 0. The van der Waals surface area contributed by atoms with Gasteiger partial charge in [-0.3, -0.25) is 9.59 Å². The SMILES string of the molecule is CSc1ccc(C(=O)NC(CC(=O)O)c2ccc(OC(F)(F)F)cc2)o1. The van der Waals surface area contributed by atoms with E-state index in [9.17, 15) is 22.8 Å². The van der Waals surface area contributed by atoms with Gasteiger partial charge >= 0.3 is 12.3 Å². The van der Waals surface area contributed by atoms with Gasteiger partial charge in [0.05, 0.1) is 12.5 Å². The van der Waals surface area contributed by atoms with Crippen LogP contribution in [0.25, 0.3) is 0 Å². The van der Waals surface area contributed by atoms with Crippen molar-refractivity contribution in [1.82, 2.24) is 5.32 Å². The third-order valence-corrected chi connectivity index (χ3v) is 3.83. The second kappa shape index (κ2) is 8.17. The molecule has 10 heteroatoms. The lowest BCUT2D eigenvalue weighted by Gasteiger charge is -2.17. The Bertz CT molecular complexity index is 773. The maximum Gasteiger partial charge on any atom is 0.573 e. The van der Waals surface area contributed by atoms with Crippen LogP contribution in [0.15, 0.2) is 45.9 Å². The highest BCUT2D eigenvalue weighted by Crippen LogP contribution is 2.26. The van der Waals surface area contributed by atoms with Crippen molar-refractivity contribution in [2.45, 2.75) is 23.9 Å². The molecule has 26 heavy (non-hydrogen) atoms. The maximum atomic E-state index is 12.2.